The molecule has 2 saturated heterocycles. The lowest BCUT2D eigenvalue weighted by Gasteiger charge is -2.31. The van der Waals surface area contributed by atoms with Gasteiger partial charge in [-0.15, -0.1) is 0 Å². The molecule has 0 aliphatic carbocycles. The standard InChI is InChI=1S/C23H28N4O6S/c28-22(25-12-16-5-6-20-21(10-16)33-15-32-20)17-4-3-9-27(14-17)34(30,31)18-11-19(24-13-18)23(29)26-7-1-2-8-26/h5-6,10-11,13,17,24H,1-4,7-9,12,14-15H2,(H,25,28)/t17-/m0/s1. The van der Waals surface area contributed by atoms with Crippen LogP contribution in [0.25, 0.3) is 0 Å². The number of carbonyl (C=O) groups is 2. The molecule has 0 saturated carbocycles. The maximum absolute atomic E-state index is 13.2. The molecular formula is C23H28N4O6S. The number of ether oxygens (including phenoxy) is 2. The molecule has 10 nitrogen and oxygen atoms in total. The lowest BCUT2D eigenvalue weighted by molar-refractivity contribution is -0.126. The van der Waals surface area contributed by atoms with E-state index < -0.39 is 15.9 Å². The summed E-state index contributed by atoms with van der Waals surface area (Å²) in [6, 6.07) is 6.89. The van der Waals surface area contributed by atoms with Crippen LogP contribution in [0.1, 0.15) is 41.7 Å². The molecule has 1 aromatic heterocycles. The summed E-state index contributed by atoms with van der Waals surface area (Å²) in [4.78, 5) is 30.0. The van der Waals surface area contributed by atoms with Crippen molar-refractivity contribution < 1.29 is 27.5 Å². The summed E-state index contributed by atoms with van der Waals surface area (Å²) < 4.78 is 38.5. The number of hydrogen-bond donors (Lipinski definition) is 2. The molecular weight excluding hydrogens is 460 g/mol. The van der Waals surface area contributed by atoms with Gasteiger partial charge >= 0.3 is 0 Å². The third-order valence-electron chi connectivity index (χ3n) is 6.58. The number of aromatic nitrogens is 1. The van der Waals surface area contributed by atoms with Gasteiger partial charge in [0.15, 0.2) is 11.5 Å². The monoisotopic (exact) mass is 488 g/mol. The summed E-state index contributed by atoms with van der Waals surface area (Å²) >= 11 is 0. The Morgan fingerprint density at radius 1 is 1.06 bits per heavy atom. The van der Waals surface area contributed by atoms with Crippen molar-refractivity contribution in [3.63, 3.8) is 0 Å². The summed E-state index contributed by atoms with van der Waals surface area (Å²) in [5, 5.41) is 2.91. The fourth-order valence-electron chi connectivity index (χ4n) is 4.65. The molecule has 4 heterocycles. The molecule has 3 aliphatic rings. The summed E-state index contributed by atoms with van der Waals surface area (Å²) in [6.07, 6.45) is 4.49. The van der Waals surface area contributed by atoms with Crippen molar-refractivity contribution in [1.82, 2.24) is 19.5 Å². The number of amides is 2. The maximum Gasteiger partial charge on any atom is 0.270 e. The van der Waals surface area contributed by atoms with Crippen LogP contribution in [0.2, 0.25) is 0 Å². The first-order valence-corrected chi connectivity index (χ1v) is 13.0. The van der Waals surface area contributed by atoms with Crippen molar-refractivity contribution >= 4 is 21.8 Å². The molecule has 3 aliphatic heterocycles. The van der Waals surface area contributed by atoms with Gasteiger partial charge in [0, 0.05) is 38.9 Å². The summed E-state index contributed by atoms with van der Waals surface area (Å²) in [5.74, 6) is 0.520. The minimum atomic E-state index is -3.82. The van der Waals surface area contributed by atoms with Crippen LogP contribution in [0.3, 0.4) is 0 Å². The minimum Gasteiger partial charge on any atom is -0.454 e. The van der Waals surface area contributed by atoms with Crippen molar-refractivity contribution in [3.8, 4) is 11.5 Å². The van der Waals surface area contributed by atoms with Gasteiger partial charge in [0.05, 0.1) is 5.92 Å². The predicted molar refractivity (Wildman–Crippen MR) is 122 cm³/mol. The molecule has 2 fully saturated rings. The van der Waals surface area contributed by atoms with Crippen LogP contribution in [0, 0.1) is 5.92 Å². The van der Waals surface area contributed by atoms with E-state index in [2.05, 4.69) is 10.3 Å². The second-order valence-electron chi connectivity index (χ2n) is 8.86. The van der Waals surface area contributed by atoms with Gasteiger partial charge in [0.2, 0.25) is 22.7 Å². The van der Waals surface area contributed by atoms with Gasteiger partial charge in [0.25, 0.3) is 5.91 Å². The van der Waals surface area contributed by atoms with Gasteiger partial charge in [-0.3, -0.25) is 9.59 Å². The normalized spacial score (nSPS) is 20.5. The Balaban J connectivity index is 1.21. The molecule has 1 atom stereocenters. The molecule has 11 heteroatoms. The number of H-pyrrole nitrogens is 1. The number of piperidine rings is 1. The zero-order chi connectivity index (χ0) is 23.7. The quantitative estimate of drug-likeness (QED) is 0.639. The zero-order valence-electron chi connectivity index (χ0n) is 18.8. The van der Waals surface area contributed by atoms with Crippen molar-refractivity contribution in [2.75, 3.05) is 33.0 Å². The maximum atomic E-state index is 13.2. The summed E-state index contributed by atoms with van der Waals surface area (Å²) in [7, 11) is -3.82. The first-order valence-electron chi connectivity index (χ1n) is 11.6. The fourth-order valence-corrected chi connectivity index (χ4v) is 6.16. The highest BCUT2D eigenvalue weighted by molar-refractivity contribution is 7.89. The Morgan fingerprint density at radius 2 is 1.85 bits per heavy atom. The molecule has 0 bridgehead atoms. The number of benzene rings is 1. The number of rotatable bonds is 6. The third kappa shape index (κ3) is 4.49. The van der Waals surface area contributed by atoms with Crippen molar-refractivity contribution in [1.29, 1.82) is 0 Å². The van der Waals surface area contributed by atoms with Crippen molar-refractivity contribution in [2.24, 2.45) is 5.92 Å². The van der Waals surface area contributed by atoms with Gasteiger partial charge in [-0.2, -0.15) is 4.31 Å². The van der Waals surface area contributed by atoms with Crippen LogP contribution in [0.5, 0.6) is 11.5 Å². The number of fused-ring (bicyclic) bond motifs is 1. The molecule has 2 aromatic rings. The number of aromatic amines is 1. The lowest BCUT2D eigenvalue weighted by Crippen LogP contribution is -2.45. The molecule has 182 valence electrons. The van der Waals surface area contributed by atoms with Crippen LogP contribution in [0.4, 0.5) is 0 Å². The van der Waals surface area contributed by atoms with E-state index in [-0.39, 0.29) is 35.7 Å². The first kappa shape index (κ1) is 22.7. The SMILES string of the molecule is O=C(NCc1ccc2c(c1)OCO2)[C@H]1CCCN(S(=O)(=O)c2c[nH]c(C(=O)N3CCCC3)c2)C1. The van der Waals surface area contributed by atoms with Crippen LogP contribution in [-0.4, -0.2) is 67.4 Å². The van der Waals surface area contributed by atoms with Crippen LogP contribution in [0.15, 0.2) is 35.4 Å². The number of nitrogens with one attached hydrogen (secondary N) is 2. The average Bonchev–Trinajstić information content (AvgIpc) is 3.63. The van der Waals surface area contributed by atoms with E-state index in [1.54, 1.807) is 11.0 Å². The Labute approximate surface area is 198 Å². The van der Waals surface area contributed by atoms with Gasteiger partial charge in [-0.25, -0.2) is 8.42 Å². The largest absolute Gasteiger partial charge is 0.454 e. The minimum absolute atomic E-state index is 0.0523. The van der Waals surface area contributed by atoms with Gasteiger partial charge in [-0.05, 0) is 49.4 Å². The van der Waals surface area contributed by atoms with Gasteiger partial charge in [-0.1, -0.05) is 6.07 Å². The van der Waals surface area contributed by atoms with E-state index in [1.807, 2.05) is 12.1 Å². The Morgan fingerprint density at radius 3 is 2.68 bits per heavy atom. The van der Waals surface area contributed by atoms with E-state index in [0.29, 0.717) is 50.5 Å². The molecule has 0 spiro atoms. The average molecular weight is 489 g/mol. The van der Waals surface area contributed by atoms with Gasteiger partial charge < -0.3 is 24.7 Å². The number of sulfonamides is 1. The van der Waals surface area contributed by atoms with E-state index in [4.69, 9.17) is 9.47 Å². The second-order valence-corrected chi connectivity index (χ2v) is 10.8. The predicted octanol–water partition coefficient (Wildman–Crippen LogP) is 1.70. The van der Waals surface area contributed by atoms with Crippen LogP contribution < -0.4 is 14.8 Å². The van der Waals surface area contributed by atoms with E-state index in [9.17, 15) is 18.0 Å². The molecule has 1 aromatic carbocycles. The molecule has 34 heavy (non-hydrogen) atoms. The molecule has 2 N–H and O–H groups in total. The lowest BCUT2D eigenvalue weighted by atomic mass is 9.98. The van der Waals surface area contributed by atoms with E-state index in [1.165, 1.54) is 16.6 Å². The van der Waals surface area contributed by atoms with Crippen LogP contribution >= 0.6 is 0 Å². The Bertz CT molecular complexity index is 1190. The van der Waals surface area contributed by atoms with Crippen LogP contribution in [-0.2, 0) is 21.4 Å². The highest BCUT2D eigenvalue weighted by Crippen LogP contribution is 2.32. The molecule has 2 amide bonds. The highest BCUT2D eigenvalue weighted by Gasteiger charge is 2.34. The number of nitrogens with zero attached hydrogens (tertiary/aromatic N) is 2. The highest BCUT2D eigenvalue weighted by atomic mass is 32.2. The number of carbonyl (C=O) groups excluding carboxylic acids is 2. The molecule has 0 unspecified atom stereocenters. The zero-order valence-corrected chi connectivity index (χ0v) is 19.6. The molecule has 5 rings (SSSR count). The fraction of sp³-hybridized carbons (Fsp3) is 0.478. The van der Waals surface area contributed by atoms with Gasteiger partial charge in [0.1, 0.15) is 10.6 Å². The van der Waals surface area contributed by atoms with Crippen molar-refractivity contribution in [2.45, 2.75) is 37.1 Å². The summed E-state index contributed by atoms with van der Waals surface area (Å²) in [5.41, 5.74) is 1.15. The first-order chi connectivity index (χ1) is 16.4. The van der Waals surface area contributed by atoms with E-state index >= 15 is 0 Å². The third-order valence-corrected chi connectivity index (χ3v) is 8.42. The van der Waals surface area contributed by atoms with E-state index in [0.717, 1.165) is 18.4 Å². The van der Waals surface area contributed by atoms with Crippen molar-refractivity contribution in [3.05, 3.63) is 41.7 Å². The smallest absolute Gasteiger partial charge is 0.270 e. The Hall–Kier alpha value is -3.05. The second kappa shape index (κ2) is 9.30. The number of hydrogen-bond acceptors (Lipinski definition) is 6. The molecule has 0 radical (unpaired) electrons. The topological polar surface area (TPSA) is 121 Å². The summed E-state index contributed by atoms with van der Waals surface area (Å²) in [6.45, 7) is 2.33. The Kier molecular flexibility index (Phi) is 6.22. The number of likely N-dealkylation sites (tertiary alicyclic amines) is 1.